The van der Waals surface area contributed by atoms with Crippen molar-refractivity contribution in [2.24, 2.45) is 5.73 Å². The van der Waals surface area contributed by atoms with Gasteiger partial charge in [-0.15, -0.1) is 0 Å². The fourth-order valence-corrected chi connectivity index (χ4v) is 2.36. The Labute approximate surface area is 123 Å². The molecule has 0 aliphatic rings. The van der Waals surface area contributed by atoms with E-state index in [2.05, 4.69) is 0 Å². The molecule has 2 aromatic carbocycles. The third kappa shape index (κ3) is 3.30. The zero-order valence-corrected chi connectivity index (χ0v) is 12.2. The molecule has 1 unspecified atom stereocenters. The van der Waals surface area contributed by atoms with Crippen LogP contribution < -0.4 is 10.5 Å². The average Bonchev–Trinajstić information content (AvgIpc) is 2.42. The fourth-order valence-electron chi connectivity index (χ4n) is 2.20. The van der Waals surface area contributed by atoms with Gasteiger partial charge in [0, 0.05) is 16.6 Å². The van der Waals surface area contributed by atoms with Gasteiger partial charge in [0.15, 0.2) is 0 Å². The Bertz CT molecular complexity index is 615. The fraction of sp³-hybridized carbons (Fsp3) is 0.250. The molecule has 2 aromatic rings. The predicted octanol–water partition coefficient (Wildman–Crippen LogP) is 4.04. The van der Waals surface area contributed by atoms with Crippen LogP contribution in [0.5, 0.6) is 5.75 Å². The lowest BCUT2D eigenvalue weighted by Gasteiger charge is -2.17. The van der Waals surface area contributed by atoms with Crippen LogP contribution in [0.1, 0.15) is 22.7 Å². The van der Waals surface area contributed by atoms with E-state index >= 15 is 0 Å². The van der Waals surface area contributed by atoms with Gasteiger partial charge in [-0.2, -0.15) is 0 Å². The summed E-state index contributed by atoms with van der Waals surface area (Å²) >= 11 is 5.94. The molecule has 0 bridgehead atoms. The summed E-state index contributed by atoms with van der Waals surface area (Å²) < 4.78 is 18.6. The Hall–Kier alpha value is -1.58. The minimum Gasteiger partial charge on any atom is -0.496 e. The average molecular weight is 294 g/mol. The highest BCUT2D eigenvalue weighted by molar-refractivity contribution is 6.30. The summed E-state index contributed by atoms with van der Waals surface area (Å²) in [5.74, 6) is 0.403. The molecule has 4 heteroatoms. The van der Waals surface area contributed by atoms with Gasteiger partial charge in [-0.25, -0.2) is 4.39 Å². The summed E-state index contributed by atoms with van der Waals surface area (Å²) in [5.41, 5.74) is 9.01. The molecular formula is C16H17ClFNO. The molecule has 2 rings (SSSR count). The topological polar surface area (TPSA) is 35.2 Å². The molecule has 0 fully saturated rings. The molecule has 2 nitrogen and oxygen atoms in total. The lowest BCUT2D eigenvalue weighted by Crippen LogP contribution is -2.15. The van der Waals surface area contributed by atoms with E-state index in [1.165, 1.54) is 12.1 Å². The van der Waals surface area contributed by atoms with Crippen molar-refractivity contribution in [3.63, 3.8) is 0 Å². The third-order valence-electron chi connectivity index (χ3n) is 3.35. The van der Waals surface area contributed by atoms with Crippen LogP contribution in [0.4, 0.5) is 4.39 Å². The van der Waals surface area contributed by atoms with Crippen LogP contribution in [0.25, 0.3) is 0 Å². The number of aryl methyl sites for hydroxylation is 1. The van der Waals surface area contributed by atoms with Gasteiger partial charge in [-0.05, 0) is 48.7 Å². The summed E-state index contributed by atoms with van der Waals surface area (Å²) in [6.07, 6.45) is 0.543. The molecular weight excluding hydrogens is 277 g/mol. The van der Waals surface area contributed by atoms with Gasteiger partial charge in [-0.1, -0.05) is 23.7 Å². The Kier molecular flexibility index (Phi) is 4.63. The minimum atomic E-state index is -0.275. The van der Waals surface area contributed by atoms with Gasteiger partial charge in [0.2, 0.25) is 0 Å². The molecule has 0 saturated carbocycles. The van der Waals surface area contributed by atoms with Crippen LogP contribution in [-0.2, 0) is 6.42 Å². The first-order valence-electron chi connectivity index (χ1n) is 6.35. The van der Waals surface area contributed by atoms with Crippen molar-refractivity contribution in [2.45, 2.75) is 19.4 Å². The molecule has 0 radical (unpaired) electrons. The van der Waals surface area contributed by atoms with Gasteiger partial charge in [0.1, 0.15) is 11.6 Å². The largest absolute Gasteiger partial charge is 0.496 e. The normalized spacial score (nSPS) is 12.2. The molecule has 0 aliphatic carbocycles. The Morgan fingerprint density at radius 3 is 2.70 bits per heavy atom. The Morgan fingerprint density at radius 2 is 2.00 bits per heavy atom. The van der Waals surface area contributed by atoms with E-state index in [1.807, 2.05) is 13.0 Å². The lowest BCUT2D eigenvalue weighted by molar-refractivity contribution is 0.405. The summed E-state index contributed by atoms with van der Waals surface area (Å²) in [7, 11) is 1.58. The first-order chi connectivity index (χ1) is 9.51. The molecule has 2 N–H and O–H groups in total. The number of nitrogens with two attached hydrogens (primary N) is 1. The number of ether oxygens (including phenoxy) is 1. The lowest BCUT2D eigenvalue weighted by atomic mass is 9.96. The van der Waals surface area contributed by atoms with Gasteiger partial charge in [0.05, 0.1) is 7.11 Å². The molecule has 0 saturated heterocycles. The van der Waals surface area contributed by atoms with Crippen LogP contribution in [0.3, 0.4) is 0 Å². The van der Waals surface area contributed by atoms with Crippen molar-refractivity contribution in [3.05, 3.63) is 63.9 Å². The quantitative estimate of drug-likeness (QED) is 0.923. The van der Waals surface area contributed by atoms with Crippen LogP contribution in [0.2, 0.25) is 5.02 Å². The van der Waals surface area contributed by atoms with E-state index in [-0.39, 0.29) is 11.9 Å². The summed E-state index contributed by atoms with van der Waals surface area (Å²) in [4.78, 5) is 0. The van der Waals surface area contributed by atoms with E-state index in [1.54, 1.807) is 25.3 Å². The number of rotatable bonds is 4. The molecule has 20 heavy (non-hydrogen) atoms. The molecule has 0 spiro atoms. The van der Waals surface area contributed by atoms with Crippen molar-refractivity contribution in [3.8, 4) is 5.75 Å². The van der Waals surface area contributed by atoms with Crippen molar-refractivity contribution < 1.29 is 9.13 Å². The van der Waals surface area contributed by atoms with E-state index in [4.69, 9.17) is 22.1 Å². The van der Waals surface area contributed by atoms with E-state index in [0.717, 1.165) is 16.7 Å². The molecule has 106 valence electrons. The highest BCUT2D eigenvalue weighted by atomic mass is 35.5. The molecule has 0 aromatic heterocycles. The minimum absolute atomic E-state index is 0.249. The SMILES string of the molecule is COc1cc(Cl)ccc1C(N)Cc1cc(F)ccc1C. The highest BCUT2D eigenvalue weighted by Gasteiger charge is 2.14. The number of methoxy groups -OCH3 is 1. The summed E-state index contributed by atoms with van der Waals surface area (Å²) in [6, 6.07) is 9.82. The van der Waals surface area contributed by atoms with E-state index < -0.39 is 0 Å². The smallest absolute Gasteiger partial charge is 0.125 e. The van der Waals surface area contributed by atoms with Crippen LogP contribution in [-0.4, -0.2) is 7.11 Å². The molecule has 0 heterocycles. The first-order valence-corrected chi connectivity index (χ1v) is 6.73. The molecule has 0 amide bonds. The van der Waals surface area contributed by atoms with Crippen molar-refractivity contribution in [2.75, 3.05) is 7.11 Å². The Morgan fingerprint density at radius 1 is 1.25 bits per heavy atom. The van der Waals surface area contributed by atoms with Gasteiger partial charge in [-0.3, -0.25) is 0 Å². The van der Waals surface area contributed by atoms with Crippen molar-refractivity contribution in [1.29, 1.82) is 0 Å². The maximum Gasteiger partial charge on any atom is 0.125 e. The van der Waals surface area contributed by atoms with Crippen molar-refractivity contribution >= 4 is 11.6 Å². The van der Waals surface area contributed by atoms with Crippen LogP contribution in [0, 0.1) is 12.7 Å². The van der Waals surface area contributed by atoms with Crippen molar-refractivity contribution in [1.82, 2.24) is 0 Å². The molecule has 1 atom stereocenters. The summed E-state index contributed by atoms with van der Waals surface area (Å²) in [6.45, 7) is 1.95. The monoisotopic (exact) mass is 293 g/mol. The predicted molar refractivity (Wildman–Crippen MR) is 79.8 cm³/mol. The number of hydrogen-bond donors (Lipinski definition) is 1. The third-order valence-corrected chi connectivity index (χ3v) is 3.58. The second-order valence-corrected chi connectivity index (χ2v) is 5.20. The standard InChI is InChI=1S/C16H17ClFNO/c1-10-3-5-13(18)7-11(10)8-15(19)14-6-4-12(17)9-16(14)20-2/h3-7,9,15H,8,19H2,1-2H3. The van der Waals surface area contributed by atoms with Gasteiger partial charge >= 0.3 is 0 Å². The molecule has 0 aliphatic heterocycles. The second-order valence-electron chi connectivity index (χ2n) is 4.77. The van der Waals surface area contributed by atoms with Crippen LogP contribution >= 0.6 is 11.6 Å². The van der Waals surface area contributed by atoms with Gasteiger partial charge < -0.3 is 10.5 Å². The highest BCUT2D eigenvalue weighted by Crippen LogP contribution is 2.29. The first kappa shape index (κ1) is 14.8. The maximum absolute atomic E-state index is 13.3. The summed E-state index contributed by atoms with van der Waals surface area (Å²) in [5, 5.41) is 0.597. The van der Waals surface area contributed by atoms with Crippen LogP contribution in [0.15, 0.2) is 36.4 Å². The maximum atomic E-state index is 13.3. The van der Waals surface area contributed by atoms with Gasteiger partial charge in [0.25, 0.3) is 0 Å². The zero-order chi connectivity index (χ0) is 14.7. The Balaban J connectivity index is 2.28. The number of halogens is 2. The number of benzene rings is 2. The second kappa shape index (κ2) is 6.25. The zero-order valence-electron chi connectivity index (χ0n) is 11.5. The number of hydrogen-bond acceptors (Lipinski definition) is 2. The van der Waals surface area contributed by atoms with E-state index in [9.17, 15) is 4.39 Å². The van der Waals surface area contributed by atoms with E-state index in [0.29, 0.717) is 17.2 Å².